The number of hydrogen-bond acceptors (Lipinski definition) is 3. The van der Waals surface area contributed by atoms with E-state index < -0.39 is 5.79 Å². The molecule has 3 nitrogen and oxygen atoms in total. The largest absolute Gasteiger partial charge is 0.488 e. The minimum Gasteiger partial charge on any atom is -0.488 e. The molecule has 0 aromatic heterocycles. The van der Waals surface area contributed by atoms with Crippen molar-refractivity contribution in [2.45, 2.75) is 26.1 Å². The lowest BCUT2D eigenvalue weighted by Crippen LogP contribution is -2.35. The van der Waals surface area contributed by atoms with Crippen molar-refractivity contribution in [3.05, 3.63) is 30.3 Å². The highest BCUT2D eigenvalue weighted by Crippen LogP contribution is 2.13. The van der Waals surface area contributed by atoms with Crippen LogP contribution >= 0.6 is 0 Å². The van der Waals surface area contributed by atoms with E-state index in [0.29, 0.717) is 6.61 Å². The molecule has 1 atom stereocenters. The van der Waals surface area contributed by atoms with E-state index in [1.54, 1.807) is 6.92 Å². The van der Waals surface area contributed by atoms with E-state index >= 15 is 0 Å². The minimum absolute atomic E-state index is 0.136. The van der Waals surface area contributed by atoms with Crippen LogP contribution < -0.4 is 4.74 Å². The van der Waals surface area contributed by atoms with Crippen LogP contribution in [0.4, 0.5) is 0 Å². The highest BCUT2D eigenvalue weighted by Gasteiger charge is 2.21. The third kappa shape index (κ3) is 4.81. The second-order valence-electron chi connectivity index (χ2n) is 3.63. The molecule has 1 aromatic rings. The predicted molar refractivity (Wildman–Crippen MR) is 58.8 cm³/mol. The molecule has 0 aliphatic heterocycles. The van der Waals surface area contributed by atoms with E-state index in [-0.39, 0.29) is 6.61 Å². The molecule has 0 aliphatic carbocycles. The number of para-hydroxylation sites is 1. The Hall–Kier alpha value is -1.06. The summed E-state index contributed by atoms with van der Waals surface area (Å²) in [5, 5.41) is 9.76. The van der Waals surface area contributed by atoms with Gasteiger partial charge in [0.25, 0.3) is 0 Å². The third-order valence-corrected chi connectivity index (χ3v) is 1.87. The summed E-state index contributed by atoms with van der Waals surface area (Å²) in [6.07, 6.45) is 0.876. The van der Waals surface area contributed by atoms with Gasteiger partial charge < -0.3 is 14.6 Å². The zero-order chi connectivity index (χ0) is 11.1. The first-order valence-electron chi connectivity index (χ1n) is 5.18. The molecular formula is C12H18O3. The average molecular weight is 210 g/mol. The maximum absolute atomic E-state index is 9.76. The predicted octanol–water partition coefficient (Wildman–Crippen LogP) is 2.20. The first-order chi connectivity index (χ1) is 7.14. The van der Waals surface area contributed by atoms with Gasteiger partial charge in [0.05, 0.1) is 0 Å². The van der Waals surface area contributed by atoms with Crippen LogP contribution in [0.2, 0.25) is 0 Å². The van der Waals surface area contributed by atoms with Crippen molar-refractivity contribution in [1.29, 1.82) is 0 Å². The van der Waals surface area contributed by atoms with Crippen LogP contribution in [0.15, 0.2) is 30.3 Å². The van der Waals surface area contributed by atoms with Crippen molar-refractivity contribution in [1.82, 2.24) is 0 Å². The summed E-state index contributed by atoms with van der Waals surface area (Å²) in [5.74, 6) is -0.482. The van der Waals surface area contributed by atoms with Gasteiger partial charge >= 0.3 is 0 Å². The molecule has 0 fully saturated rings. The Morgan fingerprint density at radius 2 is 1.93 bits per heavy atom. The Bertz CT molecular complexity index is 269. The summed E-state index contributed by atoms with van der Waals surface area (Å²) in [5.41, 5.74) is 0. The van der Waals surface area contributed by atoms with Gasteiger partial charge in [0.2, 0.25) is 0 Å². The molecule has 15 heavy (non-hydrogen) atoms. The molecular weight excluding hydrogens is 192 g/mol. The highest BCUT2D eigenvalue weighted by atomic mass is 16.6. The van der Waals surface area contributed by atoms with Crippen molar-refractivity contribution < 1.29 is 14.6 Å². The minimum atomic E-state index is -1.22. The zero-order valence-corrected chi connectivity index (χ0v) is 9.27. The lowest BCUT2D eigenvalue weighted by Gasteiger charge is -2.23. The topological polar surface area (TPSA) is 38.7 Å². The third-order valence-electron chi connectivity index (χ3n) is 1.87. The number of hydrogen-bond donors (Lipinski definition) is 1. The molecule has 0 aliphatic rings. The SMILES string of the molecule is CCCOC(C)(O)COc1ccccc1. The summed E-state index contributed by atoms with van der Waals surface area (Å²) in [6, 6.07) is 9.37. The van der Waals surface area contributed by atoms with Gasteiger partial charge in [-0.25, -0.2) is 0 Å². The van der Waals surface area contributed by atoms with Gasteiger partial charge in [-0.3, -0.25) is 0 Å². The zero-order valence-electron chi connectivity index (χ0n) is 9.27. The molecule has 84 valence electrons. The van der Waals surface area contributed by atoms with Gasteiger partial charge in [-0.05, 0) is 25.5 Å². The van der Waals surface area contributed by atoms with Gasteiger partial charge in [-0.15, -0.1) is 0 Å². The average Bonchev–Trinajstić information content (AvgIpc) is 2.25. The molecule has 3 heteroatoms. The van der Waals surface area contributed by atoms with Crippen LogP contribution in [0.1, 0.15) is 20.3 Å². The molecule has 1 aromatic carbocycles. The highest BCUT2D eigenvalue weighted by molar-refractivity contribution is 5.20. The van der Waals surface area contributed by atoms with Crippen LogP contribution in [0.5, 0.6) is 5.75 Å². The van der Waals surface area contributed by atoms with E-state index in [1.165, 1.54) is 0 Å². The van der Waals surface area contributed by atoms with Gasteiger partial charge in [0, 0.05) is 6.61 Å². The fraction of sp³-hybridized carbons (Fsp3) is 0.500. The summed E-state index contributed by atoms with van der Waals surface area (Å²) in [6.45, 7) is 4.27. The monoisotopic (exact) mass is 210 g/mol. The normalized spacial score (nSPS) is 14.6. The molecule has 0 radical (unpaired) electrons. The van der Waals surface area contributed by atoms with Crippen LogP contribution in [0, 0.1) is 0 Å². The van der Waals surface area contributed by atoms with E-state index in [9.17, 15) is 5.11 Å². The van der Waals surface area contributed by atoms with Crippen LogP contribution in [0.25, 0.3) is 0 Å². The molecule has 1 rings (SSSR count). The summed E-state index contributed by atoms with van der Waals surface area (Å²) in [7, 11) is 0. The maximum Gasteiger partial charge on any atom is 0.197 e. The maximum atomic E-state index is 9.76. The van der Waals surface area contributed by atoms with E-state index in [2.05, 4.69) is 0 Å². The standard InChI is InChI=1S/C12H18O3/c1-3-9-15-12(2,13)10-14-11-7-5-4-6-8-11/h4-8,13H,3,9-10H2,1-2H3. The van der Waals surface area contributed by atoms with Crippen molar-refractivity contribution in [2.75, 3.05) is 13.2 Å². The van der Waals surface area contributed by atoms with Crippen LogP contribution in [-0.4, -0.2) is 24.1 Å². The second kappa shape index (κ2) is 5.73. The number of rotatable bonds is 6. The fourth-order valence-corrected chi connectivity index (χ4v) is 1.10. The van der Waals surface area contributed by atoms with Crippen LogP contribution in [-0.2, 0) is 4.74 Å². The van der Waals surface area contributed by atoms with Gasteiger partial charge in [0.1, 0.15) is 12.4 Å². The molecule has 0 heterocycles. The van der Waals surface area contributed by atoms with Crippen molar-refractivity contribution in [2.24, 2.45) is 0 Å². The van der Waals surface area contributed by atoms with Crippen molar-refractivity contribution >= 4 is 0 Å². The quantitative estimate of drug-likeness (QED) is 0.731. The van der Waals surface area contributed by atoms with Crippen molar-refractivity contribution in [3.63, 3.8) is 0 Å². The Morgan fingerprint density at radius 3 is 2.53 bits per heavy atom. The summed E-state index contributed by atoms with van der Waals surface area (Å²) >= 11 is 0. The Morgan fingerprint density at radius 1 is 1.27 bits per heavy atom. The Labute approximate surface area is 90.6 Å². The molecule has 0 spiro atoms. The number of aliphatic hydroxyl groups is 1. The molecule has 0 saturated heterocycles. The summed E-state index contributed by atoms with van der Waals surface area (Å²) in [4.78, 5) is 0. The summed E-state index contributed by atoms with van der Waals surface area (Å²) < 4.78 is 10.6. The van der Waals surface area contributed by atoms with E-state index in [0.717, 1.165) is 12.2 Å². The van der Waals surface area contributed by atoms with Gasteiger partial charge in [-0.2, -0.15) is 0 Å². The number of benzene rings is 1. The van der Waals surface area contributed by atoms with Gasteiger partial charge in [-0.1, -0.05) is 25.1 Å². The van der Waals surface area contributed by atoms with Crippen molar-refractivity contribution in [3.8, 4) is 5.75 Å². The molecule has 0 amide bonds. The van der Waals surface area contributed by atoms with Crippen LogP contribution in [0.3, 0.4) is 0 Å². The number of ether oxygens (including phenoxy) is 2. The van der Waals surface area contributed by atoms with E-state index in [4.69, 9.17) is 9.47 Å². The van der Waals surface area contributed by atoms with Gasteiger partial charge in [0.15, 0.2) is 5.79 Å². The first-order valence-corrected chi connectivity index (χ1v) is 5.18. The lowest BCUT2D eigenvalue weighted by molar-refractivity contribution is -0.206. The molecule has 0 bridgehead atoms. The smallest absolute Gasteiger partial charge is 0.197 e. The molecule has 1 unspecified atom stereocenters. The van der Waals surface area contributed by atoms with E-state index in [1.807, 2.05) is 37.3 Å². The second-order valence-corrected chi connectivity index (χ2v) is 3.63. The lowest BCUT2D eigenvalue weighted by atomic mass is 10.3. The Balaban J connectivity index is 2.35. The Kier molecular flexibility index (Phi) is 4.59. The fourth-order valence-electron chi connectivity index (χ4n) is 1.10. The molecule has 1 N–H and O–H groups in total. The molecule has 0 saturated carbocycles. The first kappa shape index (κ1) is 12.0.